The Morgan fingerprint density at radius 1 is 1.29 bits per heavy atom. The number of carbonyl (C=O) groups excluding carboxylic acids is 1. The third kappa shape index (κ3) is 6.50. The lowest BCUT2D eigenvalue weighted by Gasteiger charge is -2.03. The Morgan fingerprint density at radius 2 is 2.06 bits per heavy atom. The molecule has 0 aliphatic heterocycles. The summed E-state index contributed by atoms with van der Waals surface area (Å²) in [5.41, 5.74) is 0.989. The van der Waals surface area contributed by atoms with Gasteiger partial charge in [-0.25, -0.2) is 0 Å². The second-order valence-electron chi connectivity index (χ2n) is 3.33. The number of hydrogen-bond acceptors (Lipinski definition) is 3. The van der Waals surface area contributed by atoms with Crippen LogP contribution in [0.5, 0.6) is 0 Å². The molecule has 0 saturated carbocycles. The molecule has 17 heavy (non-hydrogen) atoms. The lowest BCUT2D eigenvalue weighted by molar-refractivity contribution is -0.118. The van der Waals surface area contributed by atoms with Crippen molar-refractivity contribution in [1.29, 1.82) is 0 Å². The van der Waals surface area contributed by atoms with Gasteiger partial charge < -0.3 is 14.8 Å². The molecule has 0 heterocycles. The minimum Gasteiger partial charge on any atom is -0.382 e. The molecule has 0 radical (unpaired) electrons. The first-order valence-corrected chi connectivity index (χ1v) is 5.40. The largest absolute Gasteiger partial charge is 0.382 e. The second-order valence-corrected chi connectivity index (χ2v) is 3.33. The SMILES string of the molecule is COCCOCNC(=O)C=Cc1ccccc1. The molecule has 1 amide bonds. The highest BCUT2D eigenvalue weighted by atomic mass is 16.5. The van der Waals surface area contributed by atoms with Crippen LogP contribution in [0.3, 0.4) is 0 Å². The van der Waals surface area contributed by atoms with Crippen LogP contribution < -0.4 is 5.32 Å². The molecule has 92 valence electrons. The monoisotopic (exact) mass is 235 g/mol. The summed E-state index contributed by atoms with van der Waals surface area (Å²) in [6.07, 6.45) is 3.24. The fourth-order valence-corrected chi connectivity index (χ4v) is 1.13. The molecule has 0 spiro atoms. The van der Waals surface area contributed by atoms with E-state index in [2.05, 4.69) is 5.32 Å². The Labute approximate surface area is 101 Å². The predicted octanol–water partition coefficient (Wildman–Crippen LogP) is 1.44. The Bertz CT molecular complexity index is 349. The molecule has 0 fully saturated rings. The molecule has 0 aromatic heterocycles. The Balaban J connectivity index is 2.19. The number of rotatable bonds is 7. The molecular weight excluding hydrogens is 218 g/mol. The van der Waals surface area contributed by atoms with E-state index >= 15 is 0 Å². The van der Waals surface area contributed by atoms with Gasteiger partial charge in [-0.05, 0) is 11.6 Å². The first kappa shape index (κ1) is 13.4. The van der Waals surface area contributed by atoms with Crippen LogP contribution in [0.15, 0.2) is 36.4 Å². The number of benzene rings is 1. The van der Waals surface area contributed by atoms with Crippen molar-refractivity contribution < 1.29 is 14.3 Å². The number of methoxy groups -OCH3 is 1. The number of nitrogens with one attached hydrogen (secondary N) is 1. The van der Waals surface area contributed by atoms with Crippen molar-refractivity contribution in [2.24, 2.45) is 0 Å². The van der Waals surface area contributed by atoms with Gasteiger partial charge in [-0.1, -0.05) is 30.3 Å². The fourth-order valence-electron chi connectivity index (χ4n) is 1.13. The highest BCUT2D eigenvalue weighted by Gasteiger charge is 1.94. The molecule has 0 aliphatic carbocycles. The van der Waals surface area contributed by atoms with Gasteiger partial charge >= 0.3 is 0 Å². The average Bonchev–Trinajstić information content (AvgIpc) is 2.37. The minimum absolute atomic E-state index is 0.175. The van der Waals surface area contributed by atoms with E-state index in [9.17, 15) is 4.79 Å². The second kappa shape index (κ2) is 8.50. The molecule has 4 heteroatoms. The van der Waals surface area contributed by atoms with Crippen molar-refractivity contribution in [3.05, 3.63) is 42.0 Å². The zero-order valence-electron chi connectivity index (χ0n) is 9.89. The van der Waals surface area contributed by atoms with E-state index in [1.165, 1.54) is 6.08 Å². The zero-order valence-corrected chi connectivity index (χ0v) is 9.89. The molecular formula is C13H17NO3. The van der Waals surface area contributed by atoms with Crippen LogP contribution in [0.1, 0.15) is 5.56 Å². The highest BCUT2D eigenvalue weighted by molar-refractivity contribution is 5.91. The van der Waals surface area contributed by atoms with Gasteiger partial charge in [0.2, 0.25) is 5.91 Å². The van der Waals surface area contributed by atoms with Crippen LogP contribution in [0.25, 0.3) is 6.08 Å². The normalized spacial score (nSPS) is 10.6. The highest BCUT2D eigenvalue weighted by Crippen LogP contribution is 2.00. The van der Waals surface area contributed by atoms with Crippen molar-refractivity contribution >= 4 is 12.0 Å². The Kier molecular flexibility index (Phi) is 6.70. The average molecular weight is 235 g/mol. The molecule has 0 aliphatic rings. The van der Waals surface area contributed by atoms with Crippen LogP contribution in [-0.2, 0) is 14.3 Å². The zero-order chi connectivity index (χ0) is 12.3. The number of ether oxygens (including phenoxy) is 2. The van der Waals surface area contributed by atoms with Crippen LogP contribution in [0.4, 0.5) is 0 Å². The lowest BCUT2D eigenvalue weighted by Crippen LogP contribution is -2.24. The predicted molar refractivity (Wildman–Crippen MR) is 66.3 cm³/mol. The maximum absolute atomic E-state index is 11.3. The Hall–Kier alpha value is -1.65. The van der Waals surface area contributed by atoms with Crippen LogP contribution in [-0.4, -0.2) is 33.0 Å². The van der Waals surface area contributed by atoms with Crippen LogP contribution in [0.2, 0.25) is 0 Å². The summed E-state index contributed by atoms with van der Waals surface area (Å²) in [6, 6.07) is 9.63. The molecule has 0 bridgehead atoms. The maximum atomic E-state index is 11.3. The van der Waals surface area contributed by atoms with Crippen LogP contribution in [0, 0.1) is 0 Å². The summed E-state index contributed by atoms with van der Waals surface area (Å²) in [5.74, 6) is -0.175. The van der Waals surface area contributed by atoms with Crippen molar-refractivity contribution in [3.8, 4) is 0 Å². The summed E-state index contributed by atoms with van der Waals surface area (Å²) >= 11 is 0. The van der Waals surface area contributed by atoms with E-state index < -0.39 is 0 Å². The minimum atomic E-state index is -0.175. The maximum Gasteiger partial charge on any atom is 0.245 e. The smallest absolute Gasteiger partial charge is 0.245 e. The molecule has 0 saturated heterocycles. The van der Waals surface area contributed by atoms with Crippen molar-refractivity contribution in [3.63, 3.8) is 0 Å². The van der Waals surface area contributed by atoms with E-state index in [0.29, 0.717) is 13.2 Å². The van der Waals surface area contributed by atoms with Gasteiger partial charge in [-0.15, -0.1) is 0 Å². The van der Waals surface area contributed by atoms with Gasteiger partial charge in [-0.2, -0.15) is 0 Å². The van der Waals surface area contributed by atoms with Crippen molar-refractivity contribution in [2.75, 3.05) is 27.1 Å². The first-order valence-electron chi connectivity index (χ1n) is 5.40. The summed E-state index contributed by atoms with van der Waals surface area (Å²) < 4.78 is 9.91. The summed E-state index contributed by atoms with van der Waals surface area (Å²) in [7, 11) is 1.60. The molecule has 1 rings (SSSR count). The molecule has 1 N–H and O–H groups in total. The first-order chi connectivity index (χ1) is 8.33. The molecule has 1 aromatic carbocycles. The topological polar surface area (TPSA) is 47.6 Å². The number of amides is 1. The summed E-state index contributed by atoms with van der Waals surface area (Å²) in [5, 5.41) is 2.61. The fraction of sp³-hybridized carbons (Fsp3) is 0.308. The molecule has 1 aromatic rings. The molecule has 0 unspecified atom stereocenters. The van der Waals surface area contributed by atoms with Gasteiger partial charge in [-0.3, -0.25) is 4.79 Å². The van der Waals surface area contributed by atoms with E-state index in [0.717, 1.165) is 5.56 Å². The Morgan fingerprint density at radius 3 is 2.76 bits per heavy atom. The molecule has 4 nitrogen and oxygen atoms in total. The molecule has 0 atom stereocenters. The van der Waals surface area contributed by atoms with E-state index in [1.54, 1.807) is 13.2 Å². The summed E-state index contributed by atoms with van der Waals surface area (Å²) in [6.45, 7) is 1.19. The lowest BCUT2D eigenvalue weighted by atomic mass is 10.2. The summed E-state index contributed by atoms with van der Waals surface area (Å²) in [4.78, 5) is 11.3. The van der Waals surface area contributed by atoms with Crippen molar-refractivity contribution in [2.45, 2.75) is 0 Å². The van der Waals surface area contributed by atoms with E-state index in [-0.39, 0.29) is 12.6 Å². The van der Waals surface area contributed by atoms with Gasteiger partial charge in [0.05, 0.1) is 13.2 Å². The van der Waals surface area contributed by atoms with Crippen molar-refractivity contribution in [1.82, 2.24) is 5.32 Å². The number of carbonyl (C=O) groups is 1. The standard InChI is InChI=1S/C13H17NO3/c1-16-9-10-17-11-14-13(15)8-7-12-5-3-2-4-6-12/h2-8H,9-11H2,1H3,(H,14,15). The third-order valence-electron chi connectivity index (χ3n) is 2.01. The van der Waals surface area contributed by atoms with Gasteiger partial charge in [0.15, 0.2) is 0 Å². The van der Waals surface area contributed by atoms with E-state index in [4.69, 9.17) is 9.47 Å². The van der Waals surface area contributed by atoms with Gasteiger partial charge in [0.1, 0.15) is 6.73 Å². The van der Waals surface area contributed by atoms with E-state index in [1.807, 2.05) is 30.3 Å². The van der Waals surface area contributed by atoms with Gasteiger partial charge in [0, 0.05) is 13.2 Å². The van der Waals surface area contributed by atoms with Gasteiger partial charge in [0.25, 0.3) is 0 Å². The van der Waals surface area contributed by atoms with Crippen LogP contribution >= 0.6 is 0 Å². The third-order valence-corrected chi connectivity index (χ3v) is 2.01. The number of hydrogen-bond donors (Lipinski definition) is 1. The quantitative estimate of drug-likeness (QED) is 0.442.